The normalized spacial score (nSPS) is 8.83. The van der Waals surface area contributed by atoms with Crippen LogP contribution in [0.25, 0.3) is 0 Å². The molecule has 1 aromatic carbocycles. The molecule has 0 saturated carbocycles. The van der Waals surface area contributed by atoms with E-state index in [1.165, 1.54) is 0 Å². The van der Waals surface area contributed by atoms with Crippen LogP contribution in [0.1, 0.15) is 0 Å². The predicted molar refractivity (Wildman–Crippen MR) is 64.1 cm³/mol. The van der Waals surface area contributed by atoms with Crippen molar-refractivity contribution in [1.82, 2.24) is 0 Å². The summed E-state index contributed by atoms with van der Waals surface area (Å²) in [5, 5.41) is 4.88. The Labute approximate surface area is 96.4 Å². The Morgan fingerprint density at radius 2 is 2.00 bits per heavy atom. The number of para-hydroxylation sites is 1. The smallest absolute Gasteiger partial charge is 0.0637 e. The fourth-order valence-corrected chi connectivity index (χ4v) is 1.19. The Kier molecular flexibility index (Phi) is 6.90. The van der Waals surface area contributed by atoms with Gasteiger partial charge in [-0.15, -0.1) is 17.0 Å². The first-order valence-corrected chi connectivity index (χ1v) is 4.89. The Bertz CT molecular complexity index is 230. The van der Waals surface area contributed by atoms with Crippen molar-refractivity contribution in [1.29, 1.82) is 0 Å². The molecule has 68 valence electrons. The summed E-state index contributed by atoms with van der Waals surface area (Å²) in [7, 11) is 0. The second-order valence-electron chi connectivity index (χ2n) is 2.10. The zero-order chi connectivity index (χ0) is 8.10. The minimum Gasteiger partial charge on any atom is -0.383 e. The Morgan fingerprint density at radius 1 is 1.33 bits per heavy atom. The molecule has 1 rings (SSSR count). The van der Waals surface area contributed by atoms with E-state index in [1.54, 1.807) is 0 Å². The van der Waals surface area contributed by atoms with Crippen molar-refractivity contribution in [3.8, 4) is 0 Å². The molecule has 0 spiro atoms. The van der Waals surface area contributed by atoms with Crippen LogP contribution in [0.3, 0.4) is 0 Å². The van der Waals surface area contributed by atoms with Crippen LogP contribution >= 0.6 is 44.5 Å². The van der Waals surface area contributed by atoms with Gasteiger partial charge in [0.25, 0.3) is 0 Å². The van der Waals surface area contributed by atoms with Crippen molar-refractivity contribution >= 4 is 50.2 Å². The lowest BCUT2D eigenvalue weighted by atomic mass is 10.3. The van der Waals surface area contributed by atoms with E-state index in [0.29, 0.717) is 0 Å². The van der Waals surface area contributed by atoms with Crippen LogP contribution in [0.15, 0.2) is 24.3 Å². The fraction of sp³-hybridized carbons (Fsp3) is 0.250. The summed E-state index contributed by atoms with van der Waals surface area (Å²) in [6.07, 6.45) is 0. The van der Waals surface area contributed by atoms with Crippen LogP contribution < -0.4 is 5.32 Å². The van der Waals surface area contributed by atoms with Crippen LogP contribution in [-0.2, 0) is 0 Å². The van der Waals surface area contributed by atoms with Crippen molar-refractivity contribution in [2.24, 2.45) is 0 Å². The lowest BCUT2D eigenvalue weighted by Crippen LogP contribution is -2.01. The molecule has 0 unspecified atom stereocenters. The summed E-state index contributed by atoms with van der Waals surface area (Å²) >= 11 is 9.21. The van der Waals surface area contributed by atoms with E-state index in [-0.39, 0.29) is 17.0 Å². The van der Waals surface area contributed by atoms with Gasteiger partial charge >= 0.3 is 0 Å². The van der Waals surface area contributed by atoms with Gasteiger partial charge in [-0.05, 0) is 12.1 Å². The molecule has 12 heavy (non-hydrogen) atoms. The second-order valence-corrected chi connectivity index (χ2v) is 3.30. The Balaban J connectivity index is 0.00000121. The van der Waals surface area contributed by atoms with Crippen LogP contribution in [0.2, 0.25) is 5.02 Å². The highest BCUT2D eigenvalue weighted by molar-refractivity contribution is 9.09. The van der Waals surface area contributed by atoms with Gasteiger partial charge in [-0.1, -0.05) is 39.7 Å². The topological polar surface area (TPSA) is 12.0 Å². The first-order chi connectivity index (χ1) is 5.34. The lowest BCUT2D eigenvalue weighted by molar-refractivity contribution is 1.24. The first kappa shape index (κ1) is 12.3. The summed E-state index contributed by atoms with van der Waals surface area (Å²) in [5.41, 5.74) is 0.994. The number of alkyl halides is 1. The minimum atomic E-state index is 0. The summed E-state index contributed by atoms with van der Waals surface area (Å²) in [4.78, 5) is 0. The van der Waals surface area contributed by atoms with Gasteiger partial charge in [0, 0.05) is 11.9 Å². The maximum Gasteiger partial charge on any atom is 0.0637 e. The number of nitrogens with one attached hydrogen (secondary N) is 1. The van der Waals surface area contributed by atoms with E-state index in [0.717, 1.165) is 22.6 Å². The Morgan fingerprint density at radius 3 is 2.58 bits per heavy atom. The molecule has 0 atom stereocenters. The standard InChI is InChI=1S/C8H9BrClN.BrH/c9-5-6-11-8-4-2-1-3-7(8)10;/h1-4,11H,5-6H2;1H. The third-order valence-corrected chi connectivity index (χ3v) is 2.01. The summed E-state index contributed by atoms with van der Waals surface area (Å²) in [6, 6.07) is 7.72. The van der Waals surface area contributed by atoms with Gasteiger partial charge in [-0.25, -0.2) is 0 Å². The average Bonchev–Trinajstić information content (AvgIpc) is 2.03. The molecule has 1 N–H and O–H groups in total. The maximum absolute atomic E-state index is 5.88. The van der Waals surface area contributed by atoms with E-state index in [1.807, 2.05) is 24.3 Å². The van der Waals surface area contributed by atoms with Crippen molar-refractivity contribution in [2.75, 3.05) is 17.2 Å². The second kappa shape index (κ2) is 6.75. The van der Waals surface area contributed by atoms with Gasteiger partial charge in [-0.3, -0.25) is 0 Å². The molecule has 0 heterocycles. The van der Waals surface area contributed by atoms with Crippen LogP contribution in [-0.4, -0.2) is 11.9 Å². The molecule has 0 aliphatic carbocycles. The number of rotatable bonds is 3. The highest BCUT2D eigenvalue weighted by atomic mass is 79.9. The molecular weight excluding hydrogens is 305 g/mol. The molecule has 0 bridgehead atoms. The van der Waals surface area contributed by atoms with Crippen molar-refractivity contribution in [2.45, 2.75) is 0 Å². The van der Waals surface area contributed by atoms with E-state index < -0.39 is 0 Å². The highest BCUT2D eigenvalue weighted by Gasteiger charge is 1.94. The van der Waals surface area contributed by atoms with Crippen LogP contribution in [0.4, 0.5) is 5.69 Å². The largest absolute Gasteiger partial charge is 0.383 e. The summed E-state index contributed by atoms with van der Waals surface area (Å²) in [6.45, 7) is 0.893. The monoisotopic (exact) mass is 313 g/mol. The molecule has 1 nitrogen and oxygen atoms in total. The van der Waals surface area contributed by atoms with Crippen molar-refractivity contribution < 1.29 is 0 Å². The highest BCUT2D eigenvalue weighted by Crippen LogP contribution is 2.19. The number of hydrogen-bond acceptors (Lipinski definition) is 1. The zero-order valence-electron chi connectivity index (χ0n) is 6.39. The van der Waals surface area contributed by atoms with Gasteiger partial charge in [0.2, 0.25) is 0 Å². The van der Waals surface area contributed by atoms with E-state index in [9.17, 15) is 0 Å². The van der Waals surface area contributed by atoms with Gasteiger partial charge in [0.15, 0.2) is 0 Å². The third-order valence-electron chi connectivity index (χ3n) is 1.28. The van der Waals surface area contributed by atoms with Gasteiger partial charge in [-0.2, -0.15) is 0 Å². The SMILES string of the molecule is Br.Clc1ccccc1NCCBr. The summed E-state index contributed by atoms with van der Waals surface area (Å²) < 4.78 is 0. The maximum atomic E-state index is 5.88. The lowest BCUT2D eigenvalue weighted by Gasteiger charge is -2.04. The third kappa shape index (κ3) is 3.78. The van der Waals surface area contributed by atoms with Gasteiger partial charge in [0.05, 0.1) is 10.7 Å². The van der Waals surface area contributed by atoms with Gasteiger partial charge < -0.3 is 5.32 Å². The van der Waals surface area contributed by atoms with Gasteiger partial charge in [0.1, 0.15) is 0 Å². The van der Waals surface area contributed by atoms with Crippen LogP contribution in [0.5, 0.6) is 0 Å². The number of benzene rings is 1. The van der Waals surface area contributed by atoms with Crippen molar-refractivity contribution in [3.63, 3.8) is 0 Å². The molecule has 0 aliphatic rings. The molecule has 0 amide bonds. The van der Waals surface area contributed by atoms with Crippen LogP contribution in [0, 0.1) is 0 Å². The molecular formula is C8H10Br2ClN. The van der Waals surface area contributed by atoms with E-state index >= 15 is 0 Å². The number of anilines is 1. The molecule has 1 aromatic rings. The molecule has 0 aromatic heterocycles. The first-order valence-electron chi connectivity index (χ1n) is 3.39. The number of halogens is 3. The molecule has 0 aliphatic heterocycles. The van der Waals surface area contributed by atoms with E-state index in [2.05, 4.69) is 21.2 Å². The number of hydrogen-bond donors (Lipinski definition) is 1. The Hall–Kier alpha value is 0.270. The zero-order valence-corrected chi connectivity index (χ0v) is 10.4. The summed E-state index contributed by atoms with van der Waals surface area (Å²) in [5.74, 6) is 0. The predicted octanol–water partition coefficient (Wildman–Crippen LogP) is 3.72. The molecule has 4 heteroatoms. The average molecular weight is 315 g/mol. The molecule has 0 radical (unpaired) electrons. The fourth-order valence-electron chi connectivity index (χ4n) is 0.786. The molecule has 0 fully saturated rings. The minimum absolute atomic E-state index is 0. The van der Waals surface area contributed by atoms with Crippen molar-refractivity contribution in [3.05, 3.63) is 29.3 Å². The molecule has 0 saturated heterocycles. The van der Waals surface area contributed by atoms with E-state index in [4.69, 9.17) is 11.6 Å². The quantitative estimate of drug-likeness (QED) is 0.838.